The second kappa shape index (κ2) is 8.81. The van der Waals surface area contributed by atoms with E-state index in [-0.39, 0.29) is 22.9 Å². The molecule has 1 atom stereocenters. The number of rotatable bonds is 9. The van der Waals surface area contributed by atoms with E-state index in [4.69, 9.17) is 19.9 Å². The van der Waals surface area contributed by atoms with Gasteiger partial charge in [0.05, 0.1) is 12.2 Å². The zero-order valence-corrected chi connectivity index (χ0v) is 16.6. The number of aromatic nitrogens is 4. The van der Waals surface area contributed by atoms with Crippen molar-refractivity contribution >= 4 is 11.5 Å². The molecule has 9 heteroatoms. The summed E-state index contributed by atoms with van der Waals surface area (Å²) in [4.78, 5) is 13.2. The number of carbonyl (C=O) groups is 1. The maximum absolute atomic E-state index is 13.2. The molecule has 4 rings (SSSR count). The van der Waals surface area contributed by atoms with Crippen LogP contribution in [0.25, 0.3) is 0 Å². The summed E-state index contributed by atoms with van der Waals surface area (Å²) < 4.78 is 17.2. The van der Waals surface area contributed by atoms with Crippen LogP contribution in [0.2, 0.25) is 0 Å². The number of hydrogen-bond donors (Lipinski definition) is 2. The normalized spacial score (nSPS) is 14.6. The summed E-state index contributed by atoms with van der Waals surface area (Å²) >= 11 is 0. The summed E-state index contributed by atoms with van der Waals surface area (Å²) in [6.45, 7) is 2.84. The lowest BCUT2D eigenvalue weighted by Gasteiger charge is -2.10. The van der Waals surface area contributed by atoms with Crippen LogP contribution in [0.15, 0.2) is 36.4 Å². The van der Waals surface area contributed by atoms with Crippen molar-refractivity contribution in [3.05, 3.63) is 53.3 Å². The molecule has 0 aliphatic carbocycles. The highest BCUT2D eigenvalue weighted by Gasteiger charge is 2.34. The van der Waals surface area contributed by atoms with Gasteiger partial charge in [-0.2, -0.15) is 5.21 Å². The Morgan fingerprint density at radius 2 is 1.97 bits per heavy atom. The summed E-state index contributed by atoms with van der Waals surface area (Å²) in [5.74, 6) is 1.35. The first-order valence-corrected chi connectivity index (χ1v) is 9.94. The average molecular weight is 409 g/mol. The minimum atomic E-state index is -0.893. The first kappa shape index (κ1) is 19.7. The summed E-state index contributed by atoms with van der Waals surface area (Å²) in [6, 6.07) is 10.3. The van der Waals surface area contributed by atoms with Gasteiger partial charge in [-0.1, -0.05) is 26.2 Å². The number of nitrogen functional groups attached to an aromatic ring is 1. The molecule has 0 spiro atoms. The molecule has 0 amide bonds. The number of tetrazole rings is 1. The number of aromatic amines is 1. The second-order valence-electron chi connectivity index (χ2n) is 6.96. The van der Waals surface area contributed by atoms with Gasteiger partial charge in [0, 0.05) is 11.3 Å². The van der Waals surface area contributed by atoms with Crippen molar-refractivity contribution in [2.24, 2.45) is 0 Å². The highest BCUT2D eigenvalue weighted by atomic mass is 16.7. The number of nitrogens with zero attached hydrogens (tertiary/aromatic N) is 3. The smallest absolute Gasteiger partial charge is 0.306 e. The van der Waals surface area contributed by atoms with Gasteiger partial charge in [0.1, 0.15) is 5.75 Å². The Morgan fingerprint density at radius 1 is 1.13 bits per heavy atom. The maximum atomic E-state index is 13.2. The minimum absolute atomic E-state index is 0.226. The lowest BCUT2D eigenvalue weighted by Crippen LogP contribution is -2.11. The van der Waals surface area contributed by atoms with Crippen molar-refractivity contribution in [3.8, 4) is 17.2 Å². The van der Waals surface area contributed by atoms with Crippen molar-refractivity contribution in [1.82, 2.24) is 20.6 Å². The third-order valence-electron chi connectivity index (χ3n) is 4.80. The van der Waals surface area contributed by atoms with Crippen molar-refractivity contribution in [1.29, 1.82) is 0 Å². The van der Waals surface area contributed by atoms with Crippen LogP contribution in [0.4, 0.5) is 5.69 Å². The van der Waals surface area contributed by atoms with E-state index in [0.29, 0.717) is 23.6 Å². The predicted molar refractivity (Wildman–Crippen MR) is 109 cm³/mol. The third kappa shape index (κ3) is 4.05. The van der Waals surface area contributed by atoms with Crippen molar-refractivity contribution in [2.45, 2.75) is 38.9 Å². The summed E-state index contributed by atoms with van der Waals surface area (Å²) in [5, 5.41) is 13.6. The van der Waals surface area contributed by atoms with Gasteiger partial charge in [0.25, 0.3) is 5.82 Å². The molecule has 0 saturated carbocycles. The van der Waals surface area contributed by atoms with E-state index in [1.54, 1.807) is 36.4 Å². The number of ketones is 1. The van der Waals surface area contributed by atoms with Crippen molar-refractivity contribution in [3.63, 3.8) is 0 Å². The molecule has 1 aliphatic rings. The number of unbranched alkanes of at least 4 members (excludes halogenated alkanes) is 3. The molecule has 3 N–H and O–H groups in total. The van der Waals surface area contributed by atoms with Gasteiger partial charge in [0.2, 0.25) is 0 Å². The van der Waals surface area contributed by atoms with Crippen LogP contribution in [0.5, 0.6) is 17.2 Å². The number of anilines is 1. The highest BCUT2D eigenvalue weighted by Crippen LogP contribution is 2.45. The highest BCUT2D eigenvalue weighted by molar-refractivity contribution is 6.14. The number of fused-ring (bicyclic) bond motifs is 1. The molecule has 2 aromatic carbocycles. The number of carbonyl (C=O) groups excluding carboxylic acids is 1. The molecule has 2 heterocycles. The predicted octanol–water partition coefficient (Wildman–Crippen LogP) is 3.44. The molecule has 30 heavy (non-hydrogen) atoms. The first-order valence-electron chi connectivity index (χ1n) is 9.94. The fourth-order valence-corrected chi connectivity index (χ4v) is 3.21. The summed E-state index contributed by atoms with van der Waals surface area (Å²) in [7, 11) is 0. The topological polar surface area (TPSA) is 125 Å². The Balaban J connectivity index is 1.49. The molecule has 3 aromatic rings. The van der Waals surface area contributed by atoms with Gasteiger partial charge in [-0.15, -0.1) is 10.2 Å². The van der Waals surface area contributed by atoms with Crippen LogP contribution in [-0.4, -0.2) is 33.0 Å². The number of hydrogen-bond acceptors (Lipinski definition) is 8. The van der Waals surface area contributed by atoms with E-state index in [1.165, 1.54) is 12.8 Å². The third-order valence-corrected chi connectivity index (χ3v) is 4.80. The number of benzene rings is 2. The lowest BCUT2D eigenvalue weighted by molar-refractivity contribution is 0.0401. The van der Waals surface area contributed by atoms with Gasteiger partial charge < -0.3 is 19.9 Å². The molecule has 156 valence electrons. The Kier molecular flexibility index (Phi) is 5.78. The molecule has 1 aliphatic heterocycles. The van der Waals surface area contributed by atoms with E-state index in [9.17, 15) is 4.79 Å². The first-order chi connectivity index (χ1) is 14.7. The van der Waals surface area contributed by atoms with Crippen LogP contribution < -0.4 is 19.9 Å². The zero-order chi connectivity index (χ0) is 20.9. The fourth-order valence-electron chi connectivity index (χ4n) is 3.21. The molecule has 9 nitrogen and oxygen atoms in total. The van der Waals surface area contributed by atoms with E-state index >= 15 is 0 Å². The molecule has 0 bridgehead atoms. The monoisotopic (exact) mass is 409 g/mol. The van der Waals surface area contributed by atoms with Gasteiger partial charge in [-0.25, -0.2) is 0 Å². The molecule has 1 aromatic heterocycles. The van der Waals surface area contributed by atoms with Crippen LogP contribution in [0.3, 0.4) is 0 Å². The van der Waals surface area contributed by atoms with Gasteiger partial charge >= 0.3 is 6.29 Å². The largest absolute Gasteiger partial charge is 0.494 e. The van der Waals surface area contributed by atoms with Crippen molar-refractivity contribution < 1.29 is 19.0 Å². The Morgan fingerprint density at radius 3 is 2.70 bits per heavy atom. The van der Waals surface area contributed by atoms with Gasteiger partial charge in [0.15, 0.2) is 17.3 Å². The summed E-state index contributed by atoms with van der Waals surface area (Å²) in [6.07, 6.45) is 3.67. The molecule has 0 fully saturated rings. The Labute approximate surface area is 173 Å². The SMILES string of the molecule is CCCCCCOc1ccc(C(=O)c2c(N)ccc3c2OC(c2nn[nH]n2)O3)cc1. The van der Waals surface area contributed by atoms with E-state index in [0.717, 1.165) is 18.6 Å². The van der Waals surface area contributed by atoms with Gasteiger partial charge in [-0.05, 0) is 48.0 Å². The molecule has 0 radical (unpaired) electrons. The molecular weight excluding hydrogens is 386 g/mol. The number of nitrogens with two attached hydrogens (primary N) is 1. The standard InChI is InChI=1S/C21H23N5O4/c1-2-3-4-5-12-28-14-8-6-13(7-9-14)18(27)17-15(22)10-11-16-19(17)30-21(29-16)20-23-25-26-24-20/h6-11,21H,2-5,12,22H2,1H3,(H,23,24,25,26). The fraction of sp³-hybridized carbons (Fsp3) is 0.333. The van der Waals surface area contributed by atoms with E-state index < -0.39 is 6.29 Å². The van der Waals surface area contributed by atoms with Crippen LogP contribution in [-0.2, 0) is 0 Å². The Hall–Kier alpha value is -3.62. The number of H-pyrrole nitrogens is 1. The lowest BCUT2D eigenvalue weighted by atomic mass is 10.00. The van der Waals surface area contributed by atoms with E-state index in [1.807, 2.05) is 0 Å². The molecular formula is C21H23N5O4. The molecule has 0 saturated heterocycles. The second-order valence-corrected chi connectivity index (χ2v) is 6.96. The van der Waals surface area contributed by atoms with Crippen LogP contribution in [0, 0.1) is 0 Å². The molecule has 1 unspecified atom stereocenters. The number of ether oxygens (including phenoxy) is 3. The quantitative estimate of drug-likeness (QED) is 0.313. The van der Waals surface area contributed by atoms with Crippen molar-refractivity contribution in [2.75, 3.05) is 12.3 Å². The Bertz CT molecular complexity index is 1000. The summed E-state index contributed by atoms with van der Waals surface area (Å²) in [5.41, 5.74) is 7.11. The average Bonchev–Trinajstić information content (AvgIpc) is 3.43. The van der Waals surface area contributed by atoms with Gasteiger partial charge in [-0.3, -0.25) is 4.79 Å². The van der Waals surface area contributed by atoms with E-state index in [2.05, 4.69) is 27.5 Å². The van der Waals surface area contributed by atoms with Crippen LogP contribution >= 0.6 is 0 Å². The zero-order valence-electron chi connectivity index (χ0n) is 16.6. The number of nitrogens with one attached hydrogen (secondary N) is 1. The van der Waals surface area contributed by atoms with Crippen LogP contribution in [0.1, 0.15) is 60.6 Å². The maximum Gasteiger partial charge on any atom is 0.306 e. The minimum Gasteiger partial charge on any atom is -0.494 e.